The van der Waals surface area contributed by atoms with Crippen molar-refractivity contribution in [3.05, 3.63) is 65.5 Å². The summed E-state index contributed by atoms with van der Waals surface area (Å²) >= 11 is 0. The minimum atomic E-state index is -1.14. The largest absolute Gasteiger partial charge is 0.465 e. The number of hydrogen-bond donors (Lipinski definition) is 3. The summed E-state index contributed by atoms with van der Waals surface area (Å²) in [7, 11) is 0. The number of Topliss-reactive ketones (excluding diaryl/α,β-unsaturated/α-hetero) is 1. The van der Waals surface area contributed by atoms with Gasteiger partial charge in [0.05, 0.1) is 11.4 Å². The van der Waals surface area contributed by atoms with E-state index in [4.69, 9.17) is 10.2 Å². The third-order valence-electron chi connectivity index (χ3n) is 7.08. The number of rotatable bonds is 3. The fraction of sp³-hybridized carbons (Fsp3) is 0.333. The van der Waals surface area contributed by atoms with Crippen molar-refractivity contribution in [3.8, 4) is 11.3 Å². The molecule has 0 saturated heterocycles. The van der Waals surface area contributed by atoms with Gasteiger partial charge in [-0.1, -0.05) is 37.3 Å². The summed E-state index contributed by atoms with van der Waals surface area (Å²) < 4.78 is 0. The van der Waals surface area contributed by atoms with E-state index < -0.39 is 6.09 Å². The molecule has 1 aromatic carbocycles. The molecule has 7 heteroatoms. The first kappa shape index (κ1) is 19.5. The van der Waals surface area contributed by atoms with Crippen LogP contribution in [-0.4, -0.2) is 32.2 Å². The van der Waals surface area contributed by atoms with E-state index in [1.807, 2.05) is 12.1 Å². The summed E-state index contributed by atoms with van der Waals surface area (Å²) in [5.74, 6) is 0.858. The van der Waals surface area contributed by atoms with Crippen molar-refractivity contribution in [2.24, 2.45) is 11.8 Å². The summed E-state index contributed by atoms with van der Waals surface area (Å²) in [6.07, 6.45) is 3.61. The molecule has 0 radical (unpaired) electrons. The first-order valence-corrected chi connectivity index (χ1v) is 10.6. The normalized spacial score (nSPS) is 24.9. The molecule has 0 spiro atoms. The third-order valence-corrected chi connectivity index (χ3v) is 7.08. The standard InChI is InChI=1S/C24H24N4O3/c1-14-18-9-8-17-21(15-7-10-20(25-13-15)26-23(30)31)27-28-22(17)24(18,12-11-19(14)29)16-5-3-2-4-6-16/h2-7,10,13-14,18H,8-9,11-12H2,1H3,(H,25,26)(H,27,28)(H,30,31)/t14-,18-,24+/m0/s1. The van der Waals surface area contributed by atoms with E-state index in [0.717, 1.165) is 36.2 Å². The molecule has 0 aliphatic heterocycles. The van der Waals surface area contributed by atoms with Crippen molar-refractivity contribution >= 4 is 17.7 Å². The Balaban J connectivity index is 1.62. The molecule has 1 fully saturated rings. The monoisotopic (exact) mass is 416 g/mol. The molecule has 0 unspecified atom stereocenters. The number of H-pyrrole nitrogens is 1. The smallest absolute Gasteiger partial charge is 0.410 e. The van der Waals surface area contributed by atoms with Crippen LogP contribution in [0.1, 0.15) is 43.0 Å². The number of ketones is 1. The predicted octanol–water partition coefficient (Wildman–Crippen LogP) is 4.41. The molecule has 1 amide bonds. The lowest BCUT2D eigenvalue weighted by Crippen LogP contribution is -2.49. The van der Waals surface area contributed by atoms with Crippen LogP contribution in [0.3, 0.4) is 0 Å². The number of nitrogens with zero attached hydrogens (tertiary/aromatic N) is 2. The number of hydrogen-bond acceptors (Lipinski definition) is 4. The molecule has 2 aromatic heterocycles. The highest BCUT2D eigenvalue weighted by Crippen LogP contribution is 2.55. The number of benzene rings is 1. The van der Waals surface area contributed by atoms with Crippen molar-refractivity contribution < 1.29 is 14.7 Å². The van der Waals surface area contributed by atoms with Gasteiger partial charge < -0.3 is 5.11 Å². The van der Waals surface area contributed by atoms with Crippen LogP contribution < -0.4 is 5.32 Å². The highest BCUT2D eigenvalue weighted by Gasteiger charge is 2.53. The second-order valence-electron chi connectivity index (χ2n) is 8.53. The van der Waals surface area contributed by atoms with Gasteiger partial charge in [-0.25, -0.2) is 9.78 Å². The average molecular weight is 416 g/mol. The number of fused-ring (bicyclic) bond motifs is 3. The van der Waals surface area contributed by atoms with Gasteiger partial charge in [-0.05, 0) is 42.9 Å². The number of pyridine rings is 1. The van der Waals surface area contributed by atoms with Gasteiger partial charge in [0.15, 0.2) is 0 Å². The first-order valence-electron chi connectivity index (χ1n) is 10.6. The summed E-state index contributed by atoms with van der Waals surface area (Å²) in [5.41, 5.74) is 4.93. The lowest BCUT2D eigenvalue weighted by molar-refractivity contribution is -0.128. The lowest BCUT2D eigenvalue weighted by atomic mass is 9.53. The molecule has 2 aliphatic rings. The predicted molar refractivity (Wildman–Crippen MR) is 116 cm³/mol. The van der Waals surface area contributed by atoms with Crippen LogP contribution in [0.5, 0.6) is 0 Å². The first-order chi connectivity index (χ1) is 15.0. The van der Waals surface area contributed by atoms with Crippen molar-refractivity contribution in [3.63, 3.8) is 0 Å². The van der Waals surface area contributed by atoms with Crippen LogP contribution in [0.2, 0.25) is 0 Å². The van der Waals surface area contributed by atoms with E-state index in [1.54, 1.807) is 12.3 Å². The average Bonchev–Trinajstić information content (AvgIpc) is 3.22. The fourth-order valence-corrected chi connectivity index (χ4v) is 5.65. The SMILES string of the molecule is C[C@@H]1C(=O)CC[C@]2(c3ccccc3)c3n[nH]c(-c4ccc(NC(=O)O)nc4)c3CC[C@@H]12. The van der Waals surface area contributed by atoms with Crippen LogP contribution in [0.4, 0.5) is 10.6 Å². The van der Waals surface area contributed by atoms with E-state index in [2.05, 4.69) is 46.6 Å². The fourth-order valence-electron chi connectivity index (χ4n) is 5.65. The second-order valence-corrected chi connectivity index (χ2v) is 8.53. The van der Waals surface area contributed by atoms with Crippen LogP contribution in [0.25, 0.3) is 11.3 Å². The Hall–Kier alpha value is -3.48. The molecular weight excluding hydrogens is 392 g/mol. The molecule has 3 atom stereocenters. The van der Waals surface area contributed by atoms with E-state index in [-0.39, 0.29) is 23.1 Å². The molecule has 3 N–H and O–H groups in total. The lowest BCUT2D eigenvalue weighted by Gasteiger charge is -2.49. The molecule has 5 rings (SSSR count). The quantitative estimate of drug-likeness (QED) is 0.586. The number of carbonyl (C=O) groups is 2. The number of nitrogens with one attached hydrogen (secondary N) is 2. The zero-order valence-electron chi connectivity index (χ0n) is 17.3. The molecule has 2 heterocycles. The van der Waals surface area contributed by atoms with Crippen molar-refractivity contribution in [1.82, 2.24) is 15.2 Å². The van der Waals surface area contributed by atoms with Crippen LogP contribution in [-0.2, 0) is 16.6 Å². The molecular formula is C24H24N4O3. The van der Waals surface area contributed by atoms with Crippen molar-refractivity contribution in [2.75, 3.05) is 5.32 Å². The number of carbonyl (C=O) groups excluding carboxylic acids is 1. The summed E-state index contributed by atoms with van der Waals surface area (Å²) in [4.78, 5) is 27.6. The van der Waals surface area contributed by atoms with Gasteiger partial charge in [0.25, 0.3) is 0 Å². The molecule has 2 aliphatic carbocycles. The Morgan fingerprint density at radius 3 is 2.71 bits per heavy atom. The maximum atomic E-state index is 12.6. The number of anilines is 1. The maximum Gasteiger partial charge on any atom is 0.410 e. The van der Waals surface area contributed by atoms with Crippen molar-refractivity contribution in [1.29, 1.82) is 0 Å². The Morgan fingerprint density at radius 1 is 1.19 bits per heavy atom. The molecule has 1 saturated carbocycles. The molecule has 158 valence electrons. The topological polar surface area (TPSA) is 108 Å². The van der Waals surface area contributed by atoms with Gasteiger partial charge >= 0.3 is 6.09 Å². The number of carboxylic acid groups (broad SMARTS) is 1. The summed E-state index contributed by atoms with van der Waals surface area (Å²) in [5, 5.41) is 19.2. The Morgan fingerprint density at radius 2 is 2.00 bits per heavy atom. The van der Waals surface area contributed by atoms with Gasteiger partial charge in [0.2, 0.25) is 0 Å². The Labute approximate surface area is 179 Å². The van der Waals surface area contributed by atoms with Crippen LogP contribution in [0.15, 0.2) is 48.7 Å². The molecule has 7 nitrogen and oxygen atoms in total. The number of aromatic nitrogens is 3. The van der Waals surface area contributed by atoms with E-state index in [9.17, 15) is 9.59 Å². The zero-order valence-corrected chi connectivity index (χ0v) is 17.3. The Kier molecular flexibility index (Phi) is 4.61. The van der Waals surface area contributed by atoms with E-state index >= 15 is 0 Å². The van der Waals surface area contributed by atoms with Crippen molar-refractivity contribution in [2.45, 2.75) is 38.0 Å². The summed E-state index contributed by atoms with van der Waals surface area (Å²) in [6, 6.07) is 14.0. The Bertz CT molecular complexity index is 1140. The van der Waals surface area contributed by atoms with Gasteiger partial charge in [-0.2, -0.15) is 5.10 Å². The van der Waals surface area contributed by atoms with E-state index in [0.29, 0.717) is 12.2 Å². The molecule has 31 heavy (non-hydrogen) atoms. The maximum absolute atomic E-state index is 12.6. The number of aromatic amines is 1. The van der Waals surface area contributed by atoms with E-state index in [1.165, 1.54) is 11.1 Å². The minimum absolute atomic E-state index is 0.00491. The van der Waals surface area contributed by atoms with Gasteiger partial charge in [-0.3, -0.25) is 15.2 Å². The highest BCUT2D eigenvalue weighted by atomic mass is 16.4. The van der Waals surface area contributed by atoms with Gasteiger partial charge in [0.1, 0.15) is 11.6 Å². The zero-order chi connectivity index (χ0) is 21.6. The highest BCUT2D eigenvalue weighted by molar-refractivity contribution is 5.83. The minimum Gasteiger partial charge on any atom is -0.465 e. The molecule has 3 aromatic rings. The third kappa shape index (κ3) is 3.03. The van der Waals surface area contributed by atoms with Gasteiger partial charge in [-0.15, -0.1) is 0 Å². The summed E-state index contributed by atoms with van der Waals surface area (Å²) in [6.45, 7) is 2.07. The second kappa shape index (κ2) is 7.34. The number of amides is 1. The van der Waals surface area contributed by atoms with Crippen LogP contribution >= 0.6 is 0 Å². The van der Waals surface area contributed by atoms with Gasteiger partial charge in [0, 0.05) is 35.1 Å². The van der Waals surface area contributed by atoms with Crippen LogP contribution in [0, 0.1) is 11.8 Å². The molecule has 0 bridgehead atoms.